The van der Waals surface area contributed by atoms with Crippen molar-refractivity contribution in [2.24, 2.45) is 0 Å². The van der Waals surface area contributed by atoms with Crippen LogP contribution in [0.4, 0.5) is 5.69 Å². The number of hydrogen-bond acceptors (Lipinski definition) is 3. The van der Waals surface area contributed by atoms with Crippen LogP contribution in [-0.2, 0) is 0 Å². The molecule has 0 aliphatic heterocycles. The van der Waals surface area contributed by atoms with Gasteiger partial charge < -0.3 is 4.74 Å². The Bertz CT molecular complexity index is 1180. The van der Waals surface area contributed by atoms with Gasteiger partial charge in [-0.3, -0.25) is 10.1 Å². The molecule has 0 radical (unpaired) electrons. The van der Waals surface area contributed by atoms with E-state index in [9.17, 15) is 10.1 Å². The van der Waals surface area contributed by atoms with Crippen LogP contribution < -0.4 is 4.74 Å². The van der Waals surface area contributed by atoms with Crippen molar-refractivity contribution in [2.75, 3.05) is 0 Å². The van der Waals surface area contributed by atoms with Crippen LogP contribution in [0.15, 0.2) is 71.2 Å². The zero-order chi connectivity index (χ0) is 18.3. The SMILES string of the molecule is O=[N+]([O-])c1ccc(Cl)cc1Oc1c(Br)c2ccccc2c2ccccc12. The number of nitro benzene ring substituents is 1. The molecule has 0 aliphatic rings. The highest BCUT2D eigenvalue weighted by atomic mass is 79.9. The summed E-state index contributed by atoms with van der Waals surface area (Å²) < 4.78 is 6.77. The van der Waals surface area contributed by atoms with E-state index in [2.05, 4.69) is 15.9 Å². The molecule has 0 N–H and O–H groups in total. The second-order valence-electron chi connectivity index (χ2n) is 5.71. The monoisotopic (exact) mass is 427 g/mol. The van der Waals surface area contributed by atoms with Gasteiger partial charge in [0.2, 0.25) is 5.75 Å². The normalized spacial score (nSPS) is 11.0. The average Bonchev–Trinajstić information content (AvgIpc) is 2.65. The number of halogens is 2. The third-order valence-electron chi connectivity index (χ3n) is 4.16. The van der Waals surface area contributed by atoms with Crippen LogP contribution in [0.2, 0.25) is 5.02 Å². The molecule has 128 valence electrons. The van der Waals surface area contributed by atoms with E-state index in [-0.39, 0.29) is 11.4 Å². The Hall–Kier alpha value is -2.63. The molecule has 0 aliphatic carbocycles. The van der Waals surface area contributed by atoms with Crippen molar-refractivity contribution < 1.29 is 9.66 Å². The van der Waals surface area contributed by atoms with Crippen molar-refractivity contribution in [3.05, 3.63) is 86.3 Å². The molecule has 0 amide bonds. The van der Waals surface area contributed by atoms with E-state index >= 15 is 0 Å². The predicted molar refractivity (Wildman–Crippen MR) is 107 cm³/mol. The Kier molecular flexibility index (Phi) is 4.26. The molecule has 0 atom stereocenters. The molecular weight excluding hydrogens is 418 g/mol. The van der Waals surface area contributed by atoms with Gasteiger partial charge in [-0.1, -0.05) is 60.1 Å². The number of fused-ring (bicyclic) bond motifs is 3. The summed E-state index contributed by atoms with van der Waals surface area (Å²) in [4.78, 5) is 10.9. The first-order valence-corrected chi connectivity index (χ1v) is 8.94. The second kappa shape index (κ2) is 6.59. The zero-order valence-corrected chi connectivity index (χ0v) is 15.6. The van der Waals surface area contributed by atoms with Crippen molar-refractivity contribution in [2.45, 2.75) is 0 Å². The average molecular weight is 429 g/mol. The molecule has 4 aromatic carbocycles. The first-order chi connectivity index (χ1) is 12.6. The second-order valence-corrected chi connectivity index (χ2v) is 6.93. The molecule has 0 saturated heterocycles. The number of rotatable bonds is 3. The summed E-state index contributed by atoms with van der Waals surface area (Å²) in [7, 11) is 0. The van der Waals surface area contributed by atoms with Gasteiger partial charge in [-0.2, -0.15) is 0 Å². The lowest BCUT2D eigenvalue weighted by Gasteiger charge is -2.15. The Balaban J connectivity index is 2.02. The fourth-order valence-corrected chi connectivity index (χ4v) is 3.80. The highest BCUT2D eigenvalue weighted by molar-refractivity contribution is 9.10. The lowest BCUT2D eigenvalue weighted by molar-refractivity contribution is -0.385. The number of nitro groups is 1. The minimum Gasteiger partial charge on any atom is -0.448 e. The lowest BCUT2D eigenvalue weighted by atomic mass is 10.0. The third kappa shape index (κ3) is 2.79. The van der Waals surface area contributed by atoms with E-state index in [0.29, 0.717) is 10.8 Å². The van der Waals surface area contributed by atoms with Gasteiger partial charge in [0.25, 0.3) is 0 Å². The highest BCUT2D eigenvalue weighted by Gasteiger charge is 2.20. The van der Waals surface area contributed by atoms with Crippen molar-refractivity contribution in [3.63, 3.8) is 0 Å². The van der Waals surface area contributed by atoms with Crippen molar-refractivity contribution in [1.82, 2.24) is 0 Å². The van der Waals surface area contributed by atoms with Gasteiger partial charge >= 0.3 is 5.69 Å². The Morgan fingerprint density at radius 1 is 0.885 bits per heavy atom. The van der Waals surface area contributed by atoms with E-state index in [1.165, 1.54) is 18.2 Å². The molecule has 26 heavy (non-hydrogen) atoms. The van der Waals surface area contributed by atoms with Gasteiger partial charge in [0.05, 0.1) is 9.40 Å². The van der Waals surface area contributed by atoms with Gasteiger partial charge in [0.15, 0.2) is 0 Å². The van der Waals surface area contributed by atoms with Crippen LogP contribution in [0.3, 0.4) is 0 Å². The largest absolute Gasteiger partial charge is 0.448 e. The molecule has 4 rings (SSSR count). The number of hydrogen-bond donors (Lipinski definition) is 0. The standard InChI is InChI=1S/C20H11BrClNO3/c21-19-15-7-3-1-5-13(15)14-6-2-4-8-16(14)20(19)26-18-11-12(22)9-10-17(18)23(24)25/h1-11H. The molecule has 4 aromatic rings. The maximum Gasteiger partial charge on any atom is 0.311 e. The number of ether oxygens (including phenoxy) is 1. The molecule has 0 aromatic heterocycles. The molecule has 0 bridgehead atoms. The van der Waals surface area contributed by atoms with Crippen LogP contribution in [0, 0.1) is 10.1 Å². The molecule has 4 nitrogen and oxygen atoms in total. The van der Waals surface area contributed by atoms with Gasteiger partial charge in [0.1, 0.15) is 5.75 Å². The topological polar surface area (TPSA) is 52.4 Å². The van der Waals surface area contributed by atoms with E-state index in [0.717, 1.165) is 26.0 Å². The summed E-state index contributed by atoms with van der Waals surface area (Å²) in [5.41, 5.74) is -0.140. The third-order valence-corrected chi connectivity index (χ3v) is 5.18. The van der Waals surface area contributed by atoms with E-state index in [1.54, 1.807) is 0 Å². The summed E-state index contributed by atoms with van der Waals surface area (Å²) in [5, 5.41) is 15.6. The van der Waals surface area contributed by atoms with Crippen molar-refractivity contribution in [3.8, 4) is 11.5 Å². The Morgan fingerprint density at radius 2 is 1.46 bits per heavy atom. The maximum atomic E-state index is 11.4. The molecule has 0 heterocycles. The summed E-state index contributed by atoms with van der Waals surface area (Å²) in [6, 6.07) is 20.0. The zero-order valence-electron chi connectivity index (χ0n) is 13.3. The molecule has 6 heteroatoms. The van der Waals surface area contributed by atoms with Crippen molar-refractivity contribution in [1.29, 1.82) is 0 Å². The summed E-state index contributed by atoms with van der Waals surface area (Å²) in [6.45, 7) is 0. The van der Waals surface area contributed by atoms with Crippen LogP contribution >= 0.6 is 27.5 Å². The molecule has 0 spiro atoms. The molecule has 0 fully saturated rings. The van der Waals surface area contributed by atoms with Crippen molar-refractivity contribution >= 4 is 54.8 Å². The minimum absolute atomic E-state index is 0.101. The highest BCUT2D eigenvalue weighted by Crippen LogP contribution is 2.45. The molecule has 0 saturated carbocycles. The molecule has 0 unspecified atom stereocenters. The van der Waals surface area contributed by atoms with Crippen LogP contribution in [-0.4, -0.2) is 4.92 Å². The molecular formula is C20H11BrClNO3. The fourth-order valence-electron chi connectivity index (χ4n) is 3.00. The van der Waals surface area contributed by atoms with E-state index in [1.807, 2.05) is 48.5 Å². The smallest absolute Gasteiger partial charge is 0.311 e. The summed E-state index contributed by atoms with van der Waals surface area (Å²) >= 11 is 9.64. The first kappa shape index (κ1) is 16.8. The summed E-state index contributed by atoms with van der Waals surface area (Å²) in [6.07, 6.45) is 0. The minimum atomic E-state index is -0.483. The number of nitrogens with zero attached hydrogens (tertiary/aromatic N) is 1. The quantitative estimate of drug-likeness (QED) is 0.198. The maximum absolute atomic E-state index is 11.4. The first-order valence-electron chi connectivity index (χ1n) is 7.77. The predicted octanol–water partition coefficient (Wildman–Crippen LogP) is 7.11. The number of benzene rings is 4. The van der Waals surface area contributed by atoms with Gasteiger partial charge in [0, 0.05) is 27.9 Å². The summed E-state index contributed by atoms with van der Waals surface area (Å²) in [5.74, 6) is 0.619. The van der Waals surface area contributed by atoms with Gasteiger partial charge in [-0.25, -0.2) is 0 Å². The van der Waals surface area contributed by atoms with E-state index < -0.39 is 4.92 Å². The van der Waals surface area contributed by atoms with Crippen LogP contribution in [0.1, 0.15) is 0 Å². The Morgan fingerprint density at radius 3 is 2.12 bits per heavy atom. The Labute approximate surface area is 162 Å². The van der Waals surface area contributed by atoms with Crippen LogP contribution in [0.25, 0.3) is 21.5 Å². The van der Waals surface area contributed by atoms with E-state index in [4.69, 9.17) is 16.3 Å². The lowest BCUT2D eigenvalue weighted by Crippen LogP contribution is -1.95. The van der Waals surface area contributed by atoms with Gasteiger partial charge in [-0.15, -0.1) is 0 Å². The van der Waals surface area contributed by atoms with Gasteiger partial charge in [-0.05, 0) is 32.8 Å². The fraction of sp³-hybridized carbons (Fsp3) is 0. The van der Waals surface area contributed by atoms with Crippen LogP contribution in [0.5, 0.6) is 11.5 Å².